The Labute approximate surface area is 99.4 Å². The smallest absolute Gasteiger partial charge is 0.315 e. The van der Waals surface area contributed by atoms with Crippen LogP contribution < -0.4 is 10.6 Å². The largest absolute Gasteiger partial charge is 0.393 e. The van der Waals surface area contributed by atoms with Gasteiger partial charge in [0.05, 0.1) is 17.4 Å². The van der Waals surface area contributed by atoms with Crippen molar-refractivity contribution in [1.29, 1.82) is 5.26 Å². The topological polar surface area (TPSA) is 96.2 Å². The lowest BCUT2D eigenvalue weighted by Crippen LogP contribution is -2.24. The summed E-state index contributed by atoms with van der Waals surface area (Å²) in [5, 5.41) is 19.5. The number of hydrogen-bond donors (Lipinski definition) is 1. The quantitative estimate of drug-likeness (QED) is 0.477. The highest BCUT2D eigenvalue weighted by Crippen LogP contribution is 2.33. The van der Waals surface area contributed by atoms with Gasteiger partial charge in [-0.2, -0.15) is 5.26 Å². The number of nitro groups is 1. The molecule has 0 heterocycles. The molecule has 6 nitrogen and oxygen atoms in total. The lowest BCUT2D eigenvalue weighted by Gasteiger charge is -2.21. The van der Waals surface area contributed by atoms with E-state index in [0.29, 0.717) is 25.2 Å². The summed E-state index contributed by atoms with van der Waals surface area (Å²) in [5.41, 5.74) is 6.13. The van der Waals surface area contributed by atoms with Crippen molar-refractivity contribution in [2.75, 3.05) is 23.7 Å². The molecule has 0 unspecified atom stereocenters. The van der Waals surface area contributed by atoms with Gasteiger partial charge in [-0.1, -0.05) is 6.07 Å². The van der Waals surface area contributed by atoms with Crippen molar-refractivity contribution >= 4 is 17.1 Å². The van der Waals surface area contributed by atoms with Gasteiger partial charge in [0.15, 0.2) is 0 Å². The van der Waals surface area contributed by atoms with E-state index in [0.717, 1.165) is 0 Å². The van der Waals surface area contributed by atoms with Crippen LogP contribution in [0, 0.1) is 21.4 Å². The Balaban J connectivity index is 3.15. The maximum atomic E-state index is 11.0. The van der Waals surface area contributed by atoms with Crippen molar-refractivity contribution in [1.82, 2.24) is 0 Å². The zero-order chi connectivity index (χ0) is 12.8. The van der Waals surface area contributed by atoms with E-state index in [1.807, 2.05) is 13.0 Å². The van der Waals surface area contributed by atoms with Crippen LogP contribution in [0.3, 0.4) is 0 Å². The average Bonchev–Trinajstić information content (AvgIpc) is 2.29. The summed E-state index contributed by atoms with van der Waals surface area (Å²) in [5.74, 6) is 0. The Morgan fingerprint density at radius 2 is 2.29 bits per heavy atom. The van der Waals surface area contributed by atoms with Crippen LogP contribution in [0.25, 0.3) is 0 Å². The van der Waals surface area contributed by atoms with Crippen molar-refractivity contribution < 1.29 is 4.92 Å². The Morgan fingerprint density at radius 3 is 2.82 bits per heavy atom. The summed E-state index contributed by atoms with van der Waals surface area (Å²) >= 11 is 0. The molecule has 2 N–H and O–H groups in total. The predicted molar refractivity (Wildman–Crippen MR) is 65.6 cm³/mol. The van der Waals surface area contributed by atoms with Crippen LogP contribution in [0.15, 0.2) is 18.2 Å². The molecule has 0 radical (unpaired) electrons. The normalized spacial score (nSPS) is 9.65. The first-order chi connectivity index (χ1) is 8.11. The number of para-hydroxylation sites is 1. The fourth-order valence-corrected chi connectivity index (χ4v) is 1.64. The van der Waals surface area contributed by atoms with Crippen molar-refractivity contribution in [2.45, 2.75) is 13.3 Å². The molecule has 0 spiro atoms. The summed E-state index contributed by atoms with van der Waals surface area (Å²) in [6.45, 7) is 2.92. The number of nitro benzene ring substituents is 1. The van der Waals surface area contributed by atoms with Crippen LogP contribution in [-0.4, -0.2) is 18.0 Å². The number of benzene rings is 1. The van der Waals surface area contributed by atoms with E-state index in [1.165, 1.54) is 6.07 Å². The highest BCUT2D eigenvalue weighted by molar-refractivity contribution is 5.75. The Morgan fingerprint density at radius 1 is 1.59 bits per heavy atom. The molecule has 0 aliphatic rings. The molecule has 0 saturated heterocycles. The molecule has 6 heteroatoms. The van der Waals surface area contributed by atoms with E-state index in [4.69, 9.17) is 11.0 Å². The van der Waals surface area contributed by atoms with E-state index in [-0.39, 0.29) is 11.4 Å². The number of anilines is 2. The summed E-state index contributed by atoms with van der Waals surface area (Å²) in [4.78, 5) is 12.3. The maximum absolute atomic E-state index is 11.0. The van der Waals surface area contributed by atoms with Crippen LogP contribution in [0.1, 0.15) is 13.3 Å². The molecule has 0 amide bonds. The Bertz CT molecular complexity index is 453. The molecular weight excluding hydrogens is 220 g/mol. The molecule has 0 aliphatic heterocycles. The van der Waals surface area contributed by atoms with Gasteiger partial charge in [-0.05, 0) is 19.1 Å². The van der Waals surface area contributed by atoms with Crippen molar-refractivity contribution in [3.05, 3.63) is 28.3 Å². The monoisotopic (exact) mass is 234 g/mol. The second-order valence-electron chi connectivity index (χ2n) is 3.46. The zero-order valence-corrected chi connectivity index (χ0v) is 9.59. The first-order valence-electron chi connectivity index (χ1n) is 5.26. The number of nitrogens with two attached hydrogens (primary N) is 1. The summed E-state index contributed by atoms with van der Waals surface area (Å²) in [6.07, 6.45) is 0.319. The van der Waals surface area contributed by atoms with E-state index in [2.05, 4.69) is 0 Å². The highest BCUT2D eigenvalue weighted by Gasteiger charge is 2.21. The standard InChI is InChI=1S/C11H14N4O2/c1-2-14(8-4-7-12)10-6-3-5-9(13)11(10)15(16)17/h3,5-6H,2,4,8,13H2,1H3. The minimum atomic E-state index is -0.486. The average molecular weight is 234 g/mol. The first kappa shape index (κ1) is 12.8. The molecule has 1 aromatic carbocycles. The molecule has 0 saturated carbocycles. The van der Waals surface area contributed by atoms with Gasteiger partial charge in [-0.3, -0.25) is 10.1 Å². The molecule has 1 rings (SSSR count). The van der Waals surface area contributed by atoms with Gasteiger partial charge in [0.25, 0.3) is 0 Å². The predicted octanol–water partition coefficient (Wildman–Crippen LogP) is 1.92. The SMILES string of the molecule is CCN(CCC#N)c1cccc(N)c1[N+](=O)[O-]. The second-order valence-corrected chi connectivity index (χ2v) is 3.46. The van der Waals surface area contributed by atoms with Gasteiger partial charge in [-0.15, -0.1) is 0 Å². The van der Waals surface area contributed by atoms with E-state index < -0.39 is 4.92 Å². The summed E-state index contributed by atoms with van der Waals surface area (Å²) in [6, 6.07) is 6.84. The summed E-state index contributed by atoms with van der Waals surface area (Å²) < 4.78 is 0. The van der Waals surface area contributed by atoms with Crippen LogP contribution in [0.5, 0.6) is 0 Å². The minimum absolute atomic E-state index is 0.0905. The van der Waals surface area contributed by atoms with Gasteiger partial charge >= 0.3 is 5.69 Å². The second kappa shape index (κ2) is 5.70. The lowest BCUT2D eigenvalue weighted by atomic mass is 10.2. The van der Waals surface area contributed by atoms with Gasteiger partial charge in [0, 0.05) is 13.1 Å². The maximum Gasteiger partial charge on any atom is 0.315 e. The third-order valence-electron chi connectivity index (χ3n) is 2.44. The number of nitriles is 1. The van der Waals surface area contributed by atoms with E-state index >= 15 is 0 Å². The van der Waals surface area contributed by atoms with Gasteiger partial charge < -0.3 is 10.6 Å². The van der Waals surface area contributed by atoms with Crippen LogP contribution in [-0.2, 0) is 0 Å². The third kappa shape index (κ3) is 2.84. The zero-order valence-electron chi connectivity index (χ0n) is 9.59. The third-order valence-corrected chi connectivity index (χ3v) is 2.44. The Kier molecular flexibility index (Phi) is 4.29. The lowest BCUT2D eigenvalue weighted by molar-refractivity contribution is -0.383. The number of nitrogen functional groups attached to an aromatic ring is 1. The van der Waals surface area contributed by atoms with E-state index in [9.17, 15) is 10.1 Å². The van der Waals surface area contributed by atoms with Gasteiger partial charge in [0.2, 0.25) is 0 Å². The molecule has 0 bridgehead atoms. The van der Waals surface area contributed by atoms with E-state index in [1.54, 1.807) is 17.0 Å². The first-order valence-corrected chi connectivity index (χ1v) is 5.26. The highest BCUT2D eigenvalue weighted by atomic mass is 16.6. The molecule has 0 fully saturated rings. The molecule has 0 atom stereocenters. The Hall–Kier alpha value is -2.29. The molecule has 0 aliphatic carbocycles. The fraction of sp³-hybridized carbons (Fsp3) is 0.364. The number of hydrogen-bond acceptors (Lipinski definition) is 5. The van der Waals surface area contributed by atoms with Crippen LogP contribution in [0.4, 0.5) is 17.1 Å². The molecule has 17 heavy (non-hydrogen) atoms. The van der Waals surface area contributed by atoms with Gasteiger partial charge in [0.1, 0.15) is 11.4 Å². The molecule has 1 aromatic rings. The molecule has 0 aromatic heterocycles. The van der Waals surface area contributed by atoms with Crippen LogP contribution in [0.2, 0.25) is 0 Å². The number of nitrogens with zero attached hydrogens (tertiary/aromatic N) is 3. The fourth-order valence-electron chi connectivity index (χ4n) is 1.64. The summed E-state index contributed by atoms with van der Waals surface area (Å²) in [7, 11) is 0. The molecular formula is C11H14N4O2. The van der Waals surface area contributed by atoms with Crippen molar-refractivity contribution in [3.8, 4) is 6.07 Å². The van der Waals surface area contributed by atoms with Gasteiger partial charge in [-0.25, -0.2) is 0 Å². The molecule has 90 valence electrons. The van der Waals surface area contributed by atoms with Crippen LogP contribution >= 0.6 is 0 Å². The van der Waals surface area contributed by atoms with Crippen molar-refractivity contribution in [3.63, 3.8) is 0 Å². The van der Waals surface area contributed by atoms with Crippen molar-refractivity contribution in [2.24, 2.45) is 0 Å². The minimum Gasteiger partial charge on any atom is -0.393 e. The number of rotatable bonds is 5.